The van der Waals surface area contributed by atoms with Gasteiger partial charge in [0.25, 0.3) is 5.91 Å². The van der Waals surface area contributed by atoms with E-state index in [0.29, 0.717) is 30.4 Å². The van der Waals surface area contributed by atoms with Crippen molar-refractivity contribution in [1.29, 1.82) is 0 Å². The Kier molecular flexibility index (Phi) is 6.33. The predicted molar refractivity (Wildman–Crippen MR) is 111 cm³/mol. The van der Waals surface area contributed by atoms with E-state index in [4.69, 9.17) is 20.8 Å². The van der Waals surface area contributed by atoms with Crippen LogP contribution in [-0.4, -0.2) is 35.5 Å². The van der Waals surface area contributed by atoms with Crippen LogP contribution in [0.15, 0.2) is 59.1 Å². The van der Waals surface area contributed by atoms with E-state index in [0.717, 1.165) is 24.2 Å². The van der Waals surface area contributed by atoms with E-state index in [1.807, 2.05) is 24.3 Å². The van der Waals surface area contributed by atoms with Crippen molar-refractivity contribution in [3.63, 3.8) is 0 Å². The van der Waals surface area contributed by atoms with Crippen molar-refractivity contribution in [1.82, 2.24) is 9.88 Å². The summed E-state index contributed by atoms with van der Waals surface area (Å²) in [4.78, 5) is 18.7. The van der Waals surface area contributed by atoms with Crippen LogP contribution in [-0.2, 0) is 11.2 Å². The largest absolute Gasteiger partial charge is 0.481 e. The van der Waals surface area contributed by atoms with Crippen molar-refractivity contribution < 1.29 is 18.3 Å². The Hall–Kier alpha value is -2.86. The Morgan fingerprint density at radius 1 is 1.23 bits per heavy atom. The highest BCUT2D eigenvalue weighted by atomic mass is 35.5. The van der Waals surface area contributed by atoms with Crippen LogP contribution < -0.4 is 4.74 Å². The minimum Gasteiger partial charge on any atom is -0.481 e. The Morgan fingerprint density at radius 2 is 2.03 bits per heavy atom. The summed E-state index contributed by atoms with van der Waals surface area (Å²) < 4.78 is 25.0. The second kappa shape index (κ2) is 9.30. The van der Waals surface area contributed by atoms with Gasteiger partial charge in [0.2, 0.25) is 0 Å². The Balaban J connectivity index is 1.36. The number of hydrogen-bond acceptors (Lipinski definition) is 4. The van der Waals surface area contributed by atoms with Crippen LogP contribution in [0.25, 0.3) is 0 Å². The fraction of sp³-hybridized carbons (Fsp3) is 0.304. The second-order valence-electron chi connectivity index (χ2n) is 7.33. The molecule has 0 unspecified atom stereocenters. The summed E-state index contributed by atoms with van der Waals surface area (Å²) >= 11 is 6.23. The average Bonchev–Trinajstić information content (AvgIpc) is 3.23. The van der Waals surface area contributed by atoms with Gasteiger partial charge in [-0.2, -0.15) is 0 Å². The molecule has 0 spiro atoms. The van der Waals surface area contributed by atoms with Gasteiger partial charge >= 0.3 is 0 Å². The molecule has 1 amide bonds. The van der Waals surface area contributed by atoms with Crippen LogP contribution >= 0.6 is 11.6 Å². The molecule has 0 saturated carbocycles. The molecule has 7 heteroatoms. The van der Waals surface area contributed by atoms with E-state index in [1.54, 1.807) is 23.2 Å². The third-order valence-corrected chi connectivity index (χ3v) is 5.57. The highest BCUT2D eigenvalue weighted by molar-refractivity contribution is 6.31. The number of aromatic nitrogens is 1. The smallest absolute Gasteiger partial charge is 0.260 e. The van der Waals surface area contributed by atoms with Crippen molar-refractivity contribution in [3.8, 4) is 5.75 Å². The molecule has 2 heterocycles. The monoisotopic (exact) mass is 428 g/mol. The first-order chi connectivity index (χ1) is 14.6. The molecule has 0 N–H and O–H groups in total. The zero-order valence-corrected chi connectivity index (χ0v) is 17.1. The molecule has 0 radical (unpaired) electrons. The molecular weight excluding hydrogens is 407 g/mol. The highest BCUT2D eigenvalue weighted by Crippen LogP contribution is 2.28. The summed E-state index contributed by atoms with van der Waals surface area (Å²) in [5.41, 5.74) is 0.979. The number of carbonyl (C=O) groups excluding carboxylic acids is 1. The molecule has 4 rings (SSSR count). The molecule has 1 aromatic heterocycles. The van der Waals surface area contributed by atoms with E-state index in [-0.39, 0.29) is 24.2 Å². The minimum atomic E-state index is -0.479. The average molecular weight is 429 g/mol. The van der Waals surface area contributed by atoms with Crippen molar-refractivity contribution in [2.75, 3.05) is 19.7 Å². The van der Waals surface area contributed by atoms with Gasteiger partial charge in [0.05, 0.1) is 12.1 Å². The van der Waals surface area contributed by atoms with Crippen LogP contribution in [0.4, 0.5) is 4.39 Å². The van der Waals surface area contributed by atoms with Gasteiger partial charge < -0.3 is 14.1 Å². The topological polar surface area (TPSA) is 55.6 Å². The van der Waals surface area contributed by atoms with E-state index in [2.05, 4.69) is 4.98 Å². The SMILES string of the molecule is O=C(COc1ccccc1F)N1CCC[C@@H](c2ncc(Cc3ccccc3Cl)o2)C1. The third kappa shape index (κ3) is 4.82. The number of amides is 1. The quantitative estimate of drug-likeness (QED) is 0.563. The van der Waals surface area contributed by atoms with Crippen molar-refractivity contribution >= 4 is 17.5 Å². The Labute approximate surface area is 179 Å². The van der Waals surface area contributed by atoms with Gasteiger partial charge in [-0.1, -0.05) is 41.9 Å². The number of oxazole rings is 1. The van der Waals surface area contributed by atoms with E-state index in [9.17, 15) is 9.18 Å². The van der Waals surface area contributed by atoms with Crippen LogP contribution in [0.5, 0.6) is 5.75 Å². The van der Waals surface area contributed by atoms with Crippen LogP contribution in [0.2, 0.25) is 5.02 Å². The number of halogens is 2. The maximum atomic E-state index is 13.7. The first-order valence-corrected chi connectivity index (χ1v) is 10.3. The summed E-state index contributed by atoms with van der Waals surface area (Å²) in [6.45, 7) is 0.950. The third-order valence-electron chi connectivity index (χ3n) is 5.21. The molecule has 1 aliphatic rings. The van der Waals surface area contributed by atoms with Crippen molar-refractivity contribution in [3.05, 3.63) is 82.8 Å². The van der Waals surface area contributed by atoms with Crippen LogP contribution in [0.3, 0.4) is 0 Å². The van der Waals surface area contributed by atoms with Gasteiger partial charge in [-0.05, 0) is 36.6 Å². The first-order valence-electron chi connectivity index (χ1n) is 9.93. The lowest BCUT2D eigenvalue weighted by Gasteiger charge is -2.31. The number of likely N-dealkylation sites (tertiary alicyclic amines) is 1. The van der Waals surface area contributed by atoms with Gasteiger partial charge in [-0.3, -0.25) is 4.79 Å². The van der Waals surface area contributed by atoms with Gasteiger partial charge in [-0.25, -0.2) is 9.37 Å². The molecule has 5 nitrogen and oxygen atoms in total. The number of hydrogen-bond donors (Lipinski definition) is 0. The summed E-state index contributed by atoms with van der Waals surface area (Å²) in [6.07, 6.45) is 4.03. The number of piperidine rings is 1. The van der Waals surface area contributed by atoms with Crippen LogP contribution in [0, 0.1) is 5.82 Å². The molecule has 156 valence electrons. The highest BCUT2D eigenvalue weighted by Gasteiger charge is 2.28. The lowest BCUT2D eigenvalue weighted by Crippen LogP contribution is -2.41. The van der Waals surface area contributed by atoms with Crippen LogP contribution in [0.1, 0.15) is 36.0 Å². The predicted octanol–water partition coefficient (Wildman–Crippen LogP) is 4.84. The summed E-state index contributed by atoms with van der Waals surface area (Å²) in [5.74, 6) is 0.819. The minimum absolute atomic E-state index is 0.0242. The maximum absolute atomic E-state index is 13.7. The maximum Gasteiger partial charge on any atom is 0.260 e. The fourth-order valence-electron chi connectivity index (χ4n) is 3.62. The van der Waals surface area contributed by atoms with Crippen molar-refractivity contribution in [2.45, 2.75) is 25.2 Å². The normalized spacial score (nSPS) is 16.5. The number of para-hydroxylation sites is 1. The summed E-state index contributed by atoms with van der Waals surface area (Å²) in [5, 5.41) is 0.694. The fourth-order valence-corrected chi connectivity index (χ4v) is 3.82. The zero-order valence-electron chi connectivity index (χ0n) is 16.4. The molecule has 30 heavy (non-hydrogen) atoms. The molecule has 1 atom stereocenters. The molecule has 1 saturated heterocycles. The molecule has 2 aromatic carbocycles. The van der Waals surface area contributed by atoms with Gasteiger partial charge in [0, 0.05) is 24.5 Å². The lowest BCUT2D eigenvalue weighted by molar-refractivity contribution is -0.134. The van der Waals surface area contributed by atoms with E-state index < -0.39 is 5.82 Å². The molecule has 3 aromatic rings. The van der Waals surface area contributed by atoms with Gasteiger partial charge in [0.1, 0.15) is 5.76 Å². The lowest BCUT2D eigenvalue weighted by atomic mass is 9.98. The number of ether oxygens (including phenoxy) is 1. The second-order valence-corrected chi connectivity index (χ2v) is 7.74. The van der Waals surface area contributed by atoms with Crippen molar-refractivity contribution in [2.24, 2.45) is 0 Å². The number of carbonyl (C=O) groups is 1. The zero-order chi connectivity index (χ0) is 20.9. The number of benzene rings is 2. The molecular formula is C23H22ClFN2O3. The molecule has 1 aliphatic heterocycles. The number of rotatable bonds is 6. The molecule has 1 fully saturated rings. The summed E-state index contributed by atoms with van der Waals surface area (Å²) in [6, 6.07) is 13.7. The van der Waals surface area contributed by atoms with E-state index in [1.165, 1.54) is 12.1 Å². The molecule has 0 aliphatic carbocycles. The standard InChI is InChI=1S/C23H22ClFN2O3/c24-19-8-2-1-6-16(19)12-18-13-26-23(30-18)17-7-5-11-27(14-17)22(28)15-29-21-10-4-3-9-20(21)25/h1-4,6,8-10,13,17H,5,7,11-12,14-15H2/t17-/m1/s1. The summed E-state index contributed by atoms with van der Waals surface area (Å²) in [7, 11) is 0. The van der Waals surface area contributed by atoms with Gasteiger partial charge in [0.15, 0.2) is 24.1 Å². The Morgan fingerprint density at radius 3 is 2.87 bits per heavy atom. The van der Waals surface area contributed by atoms with Gasteiger partial charge in [-0.15, -0.1) is 0 Å². The van der Waals surface area contributed by atoms with E-state index >= 15 is 0 Å². The first kappa shape index (κ1) is 20.4. The Bertz CT molecular complexity index is 1020. The molecule has 0 bridgehead atoms. The number of nitrogens with zero attached hydrogens (tertiary/aromatic N) is 2.